The van der Waals surface area contributed by atoms with Gasteiger partial charge in [-0.3, -0.25) is 0 Å². The first-order chi connectivity index (χ1) is 9.08. The van der Waals surface area contributed by atoms with Gasteiger partial charge >= 0.3 is 0 Å². The van der Waals surface area contributed by atoms with E-state index < -0.39 is 0 Å². The maximum Gasteiger partial charge on any atom is 0.0854 e. The topological polar surface area (TPSA) is 42.7 Å². The van der Waals surface area contributed by atoms with Gasteiger partial charge in [0.2, 0.25) is 0 Å². The molecule has 1 aromatic heterocycles. The lowest BCUT2D eigenvalue weighted by Gasteiger charge is -2.10. The third kappa shape index (κ3) is 3.69. The van der Waals surface area contributed by atoms with Crippen LogP contribution in [0.15, 0.2) is 24.4 Å². The van der Waals surface area contributed by atoms with Crippen LogP contribution in [0.3, 0.4) is 0 Å². The van der Waals surface area contributed by atoms with Crippen LogP contribution in [0.5, 0.6) is 0 Å². The van der Waals surface area contributed by atoms with Crippen molar-refractivity contribution in [1.82, 2.24) is 20.3 Å². The molecule has 0 radical (unpaired) electrons. The number of hydrogen-bond acceptors (Lipinski definition) is 3. The van der Waals surface area contributed by atoms with Crippen molar-refractivity contribution in [3.8, 4) is 5.69 Å². The molecule has 0 amide bonds. The van der Waals surface area contributed by atoms with E-state index in [0.29, 0.717) is 22.5 Å². The molecule has 0 aliphatic heterocycles. The van der Waals surface area contributed by atoms with Crippen LogP contribution in [0, 0.1) is 5.92 Å². The molecule has 0 aliphatic carbocycles. The minimum Gasteiger partial charge on any atom is -0.311 e. The van der Waals surface area contributed by atoms with Gasteiger partial charge in [-0.1, -0.05) is 42.3 Å². The van der Waals surface area contributed by atoms with Crippen molar-refractivity contribution in [2.24, 2.45) is 5.92 Å². The molecular weight excluding hydrogens is 283 g/mol. The summed E-state index contributed by atoms with van der Waals surface area (Å²) in [5.74, 6) is 0.600. The quantitative estimate of drug-likeness (QED) is 0.921. The summed E-state index contributed by atoms with van der Waals surface area (Å²) in [5.41, 5.74) is 1.75. The molecule has 102 valence electrons. The maximum absolute atomic E-state index is 6.18. The fourth-order valence-corrected chi connectivity index (χ4v) is 2.21. The van der Waals surface area contributed by atoms with Gasteiger partial charge in [0.1, 0.15) is 0 Å². The first kappa shape index (κ1) is 14.3. The molecule has 0 unspecified atom stereocenters. The molecule has 0 atom stereocenters. The first-order valence-corrected chi connectivity index (χ1v) is 6.89. The fraction of sp³-hybridized carbons (Fsp3) is 0.385. The summed E-state index contributed by atoms with van der Waals surface area (Å²) in [6, 6.07) is 5.33. The average Bonchev–Trinajstić information content (AvgIpc) is 2.77. The largest absolute Gasteiger partial charge is 0.311 e. The van der Waals surface area contributed by atoms with E-state index in [1.54, 1.807) is 23.0 Å². The van der Waals surface area contributed by atoms with Gasteiger partial charge in [-0.25, -0.2) is 4.68 Å². The van der Waals surface area contributed by atoms with Crippen LogP contribution in [0.4, 0.5) is 0 Å². The van der Waals surface area contributed by atoms with Crippen molar-refractivity contribution in [2.75, 3.05) is 6.54 Å². The lowest BCUT2D eigenvalue weighted by molar-refractivity contribution is 0.542. The van der Waals surface area contributed by atoms with Crippen LogP contribution < -0.4 is 5.32 Å². The van der Waals surface area contributed by atoms with Gasteiger partial charge in [-0.05, 0) is 30.7 Å². The van der Waals surface area contributed by atoms with E-state index in [1.165, 1.54) is 0 Å². The number of hydrogen-bond donors (Lipinski definition) is 1. The van der Waals surface area contributed by atoms with Gasteiger partial charge in [0.05, 0.1) is 22.6 Å². The Bertz CT molecular complexity index is 551. The van der Waals surface area contributed by atoms with E-state index in [2.05, 4.69) is 29.5 Å². The molecule has 6 heteroatoms. The summed E-state index contributed by atoms with van der Waals surface area (Å²) in [4.78, 5) is 0. The normalized spacial score (nSPS) is 11.2. The number of halogens is 2. The van der Waals surface area contributed by atoms with Crippen molar-refractivity contribution in [2.45, 2.75) is 20.4 Å². The molecule has 0 saturated carbocycles. The van der Waals surface area contributed by atoms with Gasteiger partial charge in [0.25, 0.3) is 0 Å². The molecule has 2 aromatic rings. The van der Waals surface area contributed by atoms with Crippen molar-refractivity contribution in [1.29, 1.82) is 0 Å². The molecule has 19 heavy (non-hydrogen) atoms. The van der Waals surface area contributed by atoms with E-state index in [4.69, 9.17) is 23.2 Å². The van der Waals surface area contributed by atoms with E-state index in [9.17, 15) is 0 Å². The third-order valence-corrected chi connectivity index (χ3v) is 3.15. The Morgan fingerprint density at radius 1 is 1.32 bits per heavy atom. The summed E-state index contributed by atoms with van der Waals surface area (Å²) in [5, 5.41) is 12.5. The monoisotopic (exact) mass is 298 g/mol. The molecule has 1 heterocycles. The molecule has 0 fully saturated rings. The molecule has 1 aromatic carbocycles. The lowest BCUT2D eigenvalue weighted by Crippen LogP contribution is -2.20. The predicted octanol–water partition coefficient (Wildman–Crippen LogP) is 3.32. The number of aromatic nitrogens is 3. The van der Waals surface area contributed by atoms with Crippen LogP contribution in [0.1, 0.15) is 19.5 Å². The van der Waals surface area contributed by atoms with Gasteiger partial charge in [0.15, 0.2) is 0 Å². The van der Waals surface area contributed by atoms with E-state index >= 15 is 0 Å². The summed E-state index contributed by atoms with van der Waals surface area (Å²) >= 11 is 12.1. The van der Waals surface area contributed by atoms with Crippen LogP contribution in [-0.4, -0.2) is 21.5 Å². The van der Waals surface area contributed by atoms with Gasteiger partial charge in [0, 0.05) is 11.6 Å². The average molecular weight is 299 g/mol. The minimum atomic E-state index is 0.558. The zero-order chi connectivity index (χ0) is 13.8. The highest BCUT2D eigenvalue weighted by Crippen LogP contribution is 2.24. The Kier molecular flexibility index (Phi) is 4.80. The molecular formula is C13H16Cl2N4. The van der Waals surface area contributed by atoms with E-state index in [-0.39, 0.29) is 0 Å². The lowest BCUT2D eigenvalue weighted by atomic mass is 10.2. The van der Waals surface area contributed by atoms with Crippen molar-refractivity contribution < 1.29 is 0 Å². The molecule has 2 rings (SSSR count). The summed E-state index contributed by atoms with van der Waals surface area (Å²) < 4.78 is 1.73. The Hall–Kier alpha value is -1.10. The standard InChI is InChI=1S/C13H16Cl2N4/c1-9(2)6-16-7-11-8-17-18-19(11)13-4-3-10(14)5-12(13)15/h3-5,8-9,16H,6-7H2,1-2H3. The van der Waals surface area contributed by atoms with Crippen molar-refractivity contribution in [3.63, 3.8) is 0 Å². The number of rotatable bonds is 5. The van der Waals surface area contributed by atoms with E-state index in [0.717, 1.165) is 17.9 Å². The highest BCUT2D eigenvalue weighted by atomic mass is 35.5. The minimum absolute atomic E-state index is 0.558. The third-order valence-electron chi connectivity index (χ3n) is 2.62. The molecule has 0 aliphatic rings. The van der Waals surface area contributed by atoms with Crippen molar-refractivity contribution >= 4 is 23.2 Å². The summed E-state index contributed by atoms with van der Waals surface area (Å²) in [6.45, 7) is 5.97. The predicted molar refractivity (Wildman–Crippen MR) is 77.9 cm³/mol. The molecule has 1 N–H and O–H groups in total. The molecule has 0 bridgehead atoms. The highest BCUT2D eigenvalue weighted by molar-refractivity contribution is 6.35. The zero-order valence-corrected chi connectivity index (χ0v) is 12.4. The van der Waals surface area contributed by atoms with Crippen molar-refractivity contribution in [3.05, 3.63) is 40.1 Å². The smallest absolute Gasteiger partial charge is 0.0854 e. The molecule has 0 saturated heterocycles. The zero-order valence-electron chi connectivity index (χ0n) is 10.9. The van der Waals surface area contributed by atoms with Gasteiger partial charge in [-0.15, -0.1) is 5.10 Å². The van der Waals surface area contributed by atoms with Crippen LogP contribution in [0.2, 0.25) is 10.0 Å². The second-order valence-electron chi connectivity index (χ2n) is 4.76. The summed E-state index contributed by atoms with van der Waals surface area (Å²) in [7, 11) is 0. The number of nitrogens with zero attached hydrogens (tertiary/aromatic N) is 3. The number of nitrogens with one attached hydrogen (secondary N) is 1. The Labute approximate surface area is 122 Å². The first-order valence-electron chi connectivity index (χ1n) is 6.13. The van der Waals surface area contributed by atoms with Gasteiger partial charge < -0.3 is 5.32 Å². The SMILES string of the molecule is CC(C)CNCc1cnnn1-c1ccc(Cl)cc1Cl. The molecule has 0 spiro atoms. The maximum atomic E-state index is 6.18. The van der Waals surface area contributed by atoms with Gasteiger partial charge in [-0.2, -0.15) is 0 Å². The Balaban J connectivity index is 2.19. The highest BCUT2D eigenvalue weighted by Gasteiger charge is 2.10. The number of benzene rings is 1. The fourth-order valence-electron chi connectivity index (χ4n) is 1.72. The van der Waals surface area contributed by atoms with Crippen LogP contribution >= 0.6 is 23.2 Å². The second kappa shape index (κ2) is 6.37. The van der Waals surface area contributed by atoms with Crippen LogP contribution in [0.25, 0.3) is 5.69 Å². The van der Waals surface area contributed by atoms with E-state index in [1.807, 2.05) is 6.07 Å². The Morgan fingerprint density at radius 2 is 2.11 bits per heavy atom. The van der Waals surface area contributed by atoms with Crippen LogP contribution in [-0.2, 0) is 6.54 Å². The second-order valence-corrected chi connectivity index (χ2v) is 5.60. The summed E-state index contributed by atoms with van der Waals surface area (Å²) in [6.07, 6.45) is 1.73. The Morgan fingerprint density at radius 3 is 2.79 bits per heavy atom. The molecule has 4 nitrogen and oxygen atoms in total.